The molecule has 1 amide bonds. The summed E-state index contributed by atoms with van der Waals surface area (Å²) >= 11 is 6.18. The van der Waals surface area contributed by atoms with Crippen molar-refractivity contribution in [3.8, 4) is 0 Å². The van der Waals surface area contributed by atoms with E-state index < -0.39 is 11.2 Å². The van der Waals surface area contributed by atoms with Crippen molar-refractivity contribution >= 4 is 17.5 Å². The monoisotopic (exact) mass is 309 g/mol. The van der Waals surface area contributed by atoms with Crippen molar-refractivity contribution < 1.29 is 14.4 Å². The van der Waals surface area contributed by atoms with E-state index in [0.29, 0.717) is 11.6 Å². The van der Waals surface area contributed by atoms with Gasteiger partial charge >= 0.3 is 0 Å². The van der Waals surface area contributed by atoms with Crippen molar-refractivity contribution in [2.24, 2.45) is 11.3 Å². The van der Waals surface area contributed by atoms with Crippen LogP contribution >= 0.6 is 11.6 Å². The first-order valence-corrected chi connectivity index (χ1v) is 7.60. The fourth-order valence-corrected chi connectivity index (χ4v) is 3.37. The summed E-state index contributed by atoms with van der Waals surface area (Å²) in [6.07, 6.45) is 2.06. The lowest BCUT2D eigenvalue weighted by Gasteiger charge is -2.35. The molecule has 1 atom stereocenters. The van der Waals surface area contributed by atoms with E-state index in [1.807, 2.05) is 38.1 Å². The maximum atomic E-state index is 12.7. The van der Waals surface area contributed by atoms with Gasteiger partial charge in [-0.15, -0.1) is 0 Å². The molecule has 5 heteroatoms. The molecule has 1 aliphatic carbocycles. The van der Waals surface area contributed by atoms with E-state index in [9.17, 15) is 4.79 Å². The van der Waals surface area contributed by atoms with E-state index in [4.69, 9.17) is 21.2 Å². The lowest BCUT2D eigenvalue weighted by atomic mass is 9.80. The highest BCUT2D eigenvalue weighted by Gasteiger charge is 2.67. The number of rotatable bonds is 4. The van der Waals surface area contributed by atoms with Gasteiger partial charge in [0.2, 0.25) is 5.79 Å². The largest absolute Gasteiger partial charge is 0.350 e. The third-order valence-electron chi connectivity index (χ3n) is 4.57. The second-order valence-electron chi connectivity index (χ2n) is 6.30. The van der Waals surface area contributed by atoms with Crippen molar-refractivity contribution in [1.82, 2.24) is 5.06 Å². The molecule has 1 aromatic rings. The quantitative estimate of drug-likeness (QED) is 0.855. The Morgan fingerprint density at radius 2 is 2.05 bits per heavy atom. The first kappa shape index (κ1) is 14.8. The highest BCUT2D eigenvalue weighted by molar-refractivity contribution is 6.31. The van der Waals surface area contributed by atoms with Gasteiger partial charge in [-0.05, 0) is 38.3 Å². The summed E-state index contributed by atoms with van der Waals surface area (Å²) in [5.41, 5.74) is 0.162. The molecule has 0 N–H and O–H groups in total. The summed E-state index contributed by atoms with van der Waals surface area (Å²) in [4.78, 5) is 18.7. The van der Waals surface area contributed by atoms with Crippen LogP contribution in [0.4, 0.5) is 0 Å². The van der Waals surface area contributed by atoms with Gasteiger partial charge in [-0.25, -0.2) is 9.90 Å². The minimum absolute atomic E-state index is 0.0591. The fourth-order valence-electron chi connectivity index (χ4n) is 3.17. The van der Waals surface area contributed by atoms with E-state index in [1.165, 1.54) is 5.06 Å². The molecule has 4 nitrogen and oxygen atoms in total. The first-order chi connectivity index (χ1) is 9.92. The lowest BCUT2D eigenvalue weighted by molar-refractivity contribution is -0.324. The molecular weight excluding hydrogens is 290 g/mol. The zero-order valence-corrected chi connectivity index (χ0v) is 13.3. The molecule has 2 aliphatic rings. The predicted molar refractivity (Wildman–Crippen MR) is 79.3 cm³/mol. The molecule has 114 valence electrons. The van der Waals surface area contributed by atoms with Gasteiger partial charge < -0.3 is 4.74 Å². The molecule has 2 fully saturated rings. The van der Waals surface area contributed by atoms with E-state index in [0.717, 1.165) is 18.4 Å². The molecule has 0 aromatic heterocycles. The summed E-state index contributed by atoms with van der Waals surface area (Å²) in [6, 6.07) is 7.48. The Hall–Kier alpha value is -1.10. The smallest absolute Gasteiger partial charge is 0.257 e. The molecule has 3 rings (SSSR count). The number of carbonyl (C=O) groups is 1. The van der Waals surface area contributed by atoms with Crippen LogP contribution in [0.15, 0.2) is 24.3 Å². The number of hydrogen-bond acceptors (Lipinski definition) is 3. The number of ether oxygens (including phenoxy) is 1. The van der Waals surface area contributed by atoms with E-state index in [-0.39, 0.29) is 11.8 Å². The van der Waals surface area contributed by atoms with Crippen molar-refractivity contribution in [1.29, 1.82) is 0 Å². The SMILES string of the molecule is COC1(C2CC2)ON(Cc2ccccc2Cl)C(=O)C1(C)C. The van der Waals surface area contributed by atoms with Crippen LogP contribution in [0.3, 0.4) is 0 Å². The Bertz CT molecular complexity index is 570. The summed E-state index contributed by atoms with van der Waals surface area (Å²) in [5, 5.41) is 2.04. The third-order valence-corrected chi connectivity index (χ3v) is 4.94. The molecule has 21 heavy (non-hydrogen) atoms. The number of hydrogen-bond donors (Lipinski definition) is 0. The van der Waals surface area contributed by atoms with Gasteiger partial charge in [-0.1, -0.05) is 29.8 Å². The Morgan fingerprint density at radius 3 is 2.62 bits per heavy atom. The molecule has 0 radical (unpaired) electrons. The molecule has 1 aromatic carbocycles. The van der Waals surface area contributed by atoms with E-state index in [2.05, 4.69) is 0 Å². The number of amides is 1. The number of methoxy groups -OCH3 is 1. The van der Waals surface area contributed by atoms with Gasteiger partial charge in [0.1, 0.15) is 5.41 Å². The summed E-state index contributed by atoms with van der Waals surface area (Å²) < 4.78 is 5.69. The van der Waals surface area contributed by atoms with Gasteiger partial charge in [0.05, 0.1) is 6.54 Å². The summed E-state index contributed by atoms with van der Waals surface area (Å²) in [5.74, 6) is -0.639. The first-order valence-electron chi connectivity index (χ1n) is 7.22. The van der Waals surface area contributed by atoms with Crippen LogP contribution in [0.2, 0.25) is 5.02 Å². The minimum atomic E-state index is -0.856. The number of carbonyl (C=O) groups excluding carboxylic acids is 1. The van der Waals surface area contributed by atoms with Crippen LogP contribution in [0, 0.1) is 11.3 Å². The van der Waals surface area contributed by atoms with Gasteiger partial charge in [-0.3, -0.25) is 4.79 Å². The van der Waals surface area contributed by atoms with Gasteiger partial charge in [0.15, 0.2) is 0 Å². The van der Waals surface area contributed by atoms with Crippen LogP contribution in [-0.2, 0) is 20.9 Å². The molecule has 0 bridgehead atoms. The Morgan fingerprint density at radius 1 is 1.38 bits per heavy atom. The number of halogens is 1. The molecule has 1 saturated carbocycles. The van der Waals surface area contributed by atoms with E-state index >= 15 is 0 Å². The Kier molecular flexibility index (Phi) is 3.51. The zero-order valence-electron chi connectivity index (χ0n) is 12.6. The van der Waals surface area contributed by atoms with Crippen LogP contribution in [0.5, 0.6) is 0 Å². The third kappa shape index (κ3) is 2.17. The molecule has 1 heterocycles. The van der Waals surface area contributed by atoms with Gasteiger partial charge in [0, 0.05) is 18.1 Å². The van der Waals surface area contributed by atoms with Crippen LogP contribution in [0.25, 0.3) is 0 Å². The van der Waals surface area contributed by atoms with E-state index in [1.54, 1.807) is 7.11 Å². The highest BCUT2D eigenvalue weighted by Crippen LogP contribution is 2.56. The molecular formula is C16H20ClNO3. The molecule has 1 aliphatic heterocycles. The van der Waals surface area contributed by atoms with Crippen molar-refractivity contribution in [3.63, 3.8) is 0 Å². The zero-order chi connectivity index (χ0) is 15.3. The lowest BCUT2D eigenvalue weighted by Crippen LogP contribution is -2.47. The van der Waals surface area contributed by atoms with Gasteiger partial charge in [-0.2, -0.15) is 0 Å². The Labute approximate surface area is 129 Å². The summed E-state index contributed by atoms with van der Waals surface area (Å²) in [6.45, 7) is 4.12. The maximum absolute atomic E-state index is 12.7. The normalized spacial score (nSPS) is 28.2. The van der Waals surface area contributed by atoms with Crippen molar-refractivity contribution in [2.45, 2.75) is 39.0 Å². The number of benzene rings is 1. The topological polar surface area (TPSA) is 38.8 Å². The Balaban J connectivity index is 1.88. The highest BCUT2D eigenvalue weighted by atomic mass is 35.5. The molecule has 1 unspecified atom stereocenters. The average molecular weight is 310 g/mol. The van der Waals surface area contributed by atoms with Crippen LogP contribution in [0.1, 0.15) is 32.3 Å². The van der Waals surface area contributed by atoms with Crippen LogP contribution in [-0.4, -0.2) is 23.9 Å². The fraction of sp³-hybridized carbons (Fsp3) is 0.562. The van der Waals surface area contributed by atoms with Crippen LogP contribution < -0.4 is 0 Å². The van der Waals surface area contributed by atoms with Gasteiger partial charge in [0.25, 0.3) is 5.91 Å². The maximum Gasteiger partial charge on any atom is 0.257 e. The standard InChI is InChI=1S/C16H20ClNO3/c1-15(2)14(19)18(10-11-6-4-5-7-13(11)17)21-16(15,20-3)12-8-9-12/h4-7,12H,8-10H2,1-3H3. The molecule has 1 saturated heterocycles. The number of hydroxylamine groups is 2. The summed E-state index contributed by atoms with van der Waals surface area (Å²) in [7, 11) is 1.62. The average Bonchev–Trinajstić information content (AvgIpc) is 3.26. The predicted octanol–water partition coefficient (Wildman–Crippen LogP) is 3.39. The minimum Gasteiger partial charge on any atom is -0.350 e. The van der Waals surface area contributed by atoms with Crippen molar-refractivity contribution in [3.05, 3.63) is 34.9 Å². The number of nitrogens with zero attached hydrogens (tertiary/aromatic N) is 1. The van der Waals surface area contributed by atoms with Crippen molar-refractivity contribution in [2.75, 3.05) is 7.11 Å². The second-order valence-corrected chi connectivity index (χ2v) is 6.70. The molecule has 0 spiro atoms. The second kappa shape index (κ2) is 4.97.